The molecule has 1 fully saturated rings. The highest BCUT2D eigenvalue weighted by atomic mass is 35.5. The van der Waals surface area contributed by atoms with Crippen molar-refractivity contribution in [3.63, 3.8) is 0 Å². The fourth-order valence-corrected chi connectivity index (χ4v) is 3.90. The van der Waals surface area contributed by atoms with Gasteiger partial charge in [0, 0.05) is 17.2 Å². The summed E-state index contributed by atoms with van der Waals surface area (Å²) < 4.78 is 14.1. The summed E-state index contributed by atoms with van der Waals surface area (Å²) in [6.45, 7) is 1.82. The van der Waals surface area contributed by atoms with Gasteiger partial charge in [-0.25, -0.2) is 4.39 Å². The van der Waals surface area contributed by atoms with Gasteiger partial charge in [-0.3, -0.25) is 5.10 Å². The quantitative estimate of drug-likeness (QED) is 0.724. The molecule has 4 rings (SSSR count). The first-order valence-corrected chi connectivity index (χ1v) is 8.83. The van der Waals surface area contributed by atoms with Crippen LogP contribution in [0.2, 0.25) is 5.02 Å². The van der Waals surface area contributed by atoms with Gasteiger partial charge >= 0.3 is 0 Å². The van der Waals surface area contributed by atoms with E-state index in [1.807, 2.05) is 18.5 Å². The zero-order chi connectivity index (χ0) is 17.3. The summed E-state index contributed by atoms with van der Waals surface area (Å²) in [5, 5.41) is 10.4. The minimum Gasteiger partial charge on any atom is -0.317 e. The Morgan fingerprint density at radius 1 is 0.960 bits per heavy atom. The number of hydrogen-bond acceptors (Lipinski definition) is 2. The minimum atomic E-state index is -0.355. The van der Waals surface area contributed by atoms with Crippen molar-refractivity contribution in [2.45, 2.75) is 18.3 Å². The first kappa shape index (κ1) is 16.3. The molecule has 1 aromatic heterocycles. The van der Waals surface area contributed by atoms with Crippen molar-refractivity contribution < 1.29 is 4.39 Å². The predicted molar refractivity (Wildman–Crippen MR) is 98.3 cm³/mol. The lowest BCUT2D eigenvalue weighted by Gasteiger charge is -2.39. The van der Waals surface area contributed by atoms with E-state index in [-0.39, 0.29) is 16.3 Å². The summed E-state index contributed by atoms with van der Waals surface area (Å²) in [6, 6.07) is 13.7. The van der Waals surface area contributed by atoms with Crippen LogP contribution in [-0.2, 0) is 5.41 Å². The second-order valence-corrected chi connectivity index (χ2v) is 6.93. The van der Waals surface area contributed by atoms with Crippen LogP contribution in [0.4, 0.5) is 4.39 Å². The van der Waals surface area contributed by atoms with Gasteiger partial charge < -0.3 is 5.32 Å². The van der Waals surface area contributed by atoms with Crippen LogP contribution < -0.4 is 5.32 Å². The van der Waals surface area contributed by atoms with Gasteiger partial charge in [-0.05, 0) is 54.8 Å². The zero-order valence-electron chi connectivity index (χ0n) is 13.7. The van der Waals surface area contributed by atoms with E-state index in [4.69, 9.17) is 11.6 Å². The maximum absolute atomic E-state index is 14.1. The molecule has 2 N–H and O–H groups in total. The third-order valence-corrected chi connectivity index (χ3v) is 5.50. The second kappa shape index (κ2) is 6.62. The molecule has 0 saturated carbocycles. The first-order chi connectivity index (χ1) is 12.2. The summed E-state index contributed by atoms with van der Waals surface area (Å²) in [5.74, 6) is -0.355. The molecule has 0 atom stereocenters. The van der Waals surface area contributed by atoms with Crippen molar-refractivity contribution >= 4 is 11.6 Å². The van der Waals surface area contributed by atoms with Crippen molar-refractivity contribution in [3.8, 4) is 11.1 Å². The molecule has 0 bridgehead atoms. The number of nitrogens with zero attached hydrogens (tertiary/aromatic N) is 1. The van der Waals surface area contributed by atoms with Gasteiger partial charge in [0.1, 0.15) is 5.82 Å². The Labute approximate surface area is 151 Å². The topological polar surface area (TPSA) is 40.7 Å². The van der Waals surface area contributed by atoms with E-state index >= 15 is 0 Å². The number of hydrogen-bond donors (Lipinski definition) is 2. The molecule has 1 aliphatic rings. The largest absolute Gasteiger partial charge is 0.317 e. The fourth-order valence-electron chi connectivity index (χ4n) is 3.78. The van der Waals surface area contributed by atoms with Gasteiger partial charge in [-0.15, -0.1) is 0 Å². The Balaban J connectivity index is 1.77. The molecule has 0 unspecified atom stereocenters. The molecule has 0 aliphatic carbocycles. The van der Waals surface area contributed by atoms with E-state index in [0.29, 0.717) is 0 Å². The molecule has 3 nitrogen and oxygen atoms in total. The van der Waals surface area contributed by atoms with Gasteiger partial charge in [0.15, 0.2) is 0 Å². The van der Waals surface area contributed by atoms with Gasteiger partial charge in [0.25, 0.3) is 0 Å². The number of benzene rings is 2. The number of rotatable bonds is 3. The fraction of sp³-hybridized carbons (Fsp3) is 0.250. The Morgan fingerprint density at radius 2 is 1.68 bits per heavy atom. The lowest BCUT2D eigenvalue weighted by Crippen LogP contribution is -2.40. The van der Waals surface area contributed by atoms with Gasteiger partial charge in [-0.2, -0.15) is 5.10 Å². The summed E-state index contributed by atoms with van der Waals surface area (Å²) in [7, 11) is 0. The minimum absolute atomic E-state index is 0.170. The summed E-state index contributed by atoms with van der Waals surface area (Å²) >= 11 is 5.89. The van der Waals surface area contributed by atoms with Crippen LogP contribution in [0.3, 0.4) is 0 Å². The molecule has 2 aromatic carbocycles. The van der Waals surface area contributed by atoms with E-state index in [1.165, 1.54) is 5.56 Å². The molecule has 25 heavy (non-hydrogen) atoms. The van der Waals surface area contributed by atoms with Crippen LogP contribution in [0, 0.1) is 5.82 Å². The smallest absolute Gasteiger partial charge is 0.142 e. The predicted octanol–water partition coefficient (Wildman–Crippen LogP) is 4.54. The Hall–Kier alpha value is -2.17. The average Bonchev–Trinajstić information content (AvgIpc) is 3.19. The highest BCUT2D eigenvalue weighted by Gasteiger charge is 2.36. The van der Waals surface area contributed by atoms with E-state index in [2.05, 4.69) is 39.8 Å². The standard InChI is InChI=1S/C20H19ClFN3/c21-18-6-5-17(11-19(18)22)20(7-9-23-10-8-20)16-3-1-14(2-4-16)15-12-24-25-13-15/h1-6,11-13,23H,7-10H2,(H,24,25). The van der Waals surface area contributed by atoms with Crippen molar-refractivity contribution in [2.75, 3.05) is 13.1 Å². The summed E-state index contributed by atoms with van der Waals surface area (Å²) in [5.41, 5.74) is 4.19. The van der Waals surface area contributed by atoms with Crippen molar-refractivity contribution in [2.24, 2.45) is 0 Å². The van der Waals surface area contributed by atoms with Gasteiger partial charge in [0.05, 0.1) is 11.2 Å². The maximum Gasteiger partial charge on any atom is 0.142 e. The molecule has 1 aliphatic heterocycles. The number of halogens is 2. The molecule has 0 amide bonds. The van der Waals surface area contributed by atoms with Crippen molar-refractivity contribution in [1.82, 2.24) is 15.5 Å². The molecule has 1 saturated heterocycles. The highest BCUT2D eigenvalue weighted by molar-refractivity contribution is 6.30. The Bertz CT molecular complexity index is 853. The van der Waals surface area contributed by atoms with E-state index in [9.17, 15) is 4.39 Å². The number of piperidine rings is 1. The van der Waals surface area contributed by atoms with Crippen LogP contribution in [-0.4, -0.2) is 23.3 Å². The molecule has 0 radical (unpaired) electrons. The van der Waals surface area contributed by atoms with Crippen LogP contribution in [0.1, 0.15) is 24.0 Å². The maximum atomic E-state index is 14.1. The molecule has 2 heterocycles. The van der Waals surface area contributed by atoms with Crippen LogP contribution >= 0.6 is 11.6 Å². The molecule has 0 spiro atoms. The van der Waals surface area contributed by atoms with Crippen LogP contribution in [0.5, 0.6) is 0 Å². The molecule has 128 valence electrons. The Morgan fingerprint density at radius 3 is 2.32 bits per heavy atom. The summed E-state index contributed by atoms with van der Waals surface area (Å²) in [4.78, 5) is 0. The van der Waals surface area contributed by atoms with Gasteiger partial charge in [0.2, 0.25) is 0 Å². The average molecular weight is 356 g/mol. The Kier molecular flexibility index (Phi) is 4.32. The highest BCUT2D eigenvalue weighted by Crippen LogP contribution is 2.41. The lowest BCUT2D eigenvalue weighted by atomic mass is 9.68. The van der Waals surface area contributed by atoms with Crippen LogP contribution in [0.15, 0.2) is 54.9 Å². The van der Waals surface area contributed by atoms with Crippen molar-refractivity contribution in [3.05, 3.63) is 76.8 Å². The van der Waals surface area contributed by atoms with Gasteiger partial charge in [-0.1, -0.05) is 41.9 Å². The molecule has 5 heteroatoms. The third kappa shape index (κ3) is 2.96. The number of aromatic amines is 1. The van der Waals surface area contributed by atoms with E-state index in [1.54, 1.807) is 12.1 Å². The molecule has 3 aromatic rings. The third-order valence-electron chi connectivity index (χ3n) is 5.20. The van der Waals surface area contributed by atoms with Crippen molar-refractivity contribution in [1.29, 1.82) is 0 Å². The number of aromatic nitrogens is 2. The van der Waals surface area contributed by atoms with E-state index < -0.39 is 0 Å². The lowest BCUT2D eigenvalue weighted by molar-refractivity contribution is 0.361. The molecular weight excluding hydrogens is 337 g/mol. The van der Waals surface area contributed by atoms with Crippen LogP contribution in [0.25, 0.3) is 11.1 Å². The normalized spacial score (nSPS) is 16.7. The number of nitrogens with one attached hydrogen (secondary N) is 2. The number of H-pyrrole nitrogens is 1. The monoisotopic (exact) mass is 355 g/mol. The summed E-state index contributed by atoms with van der Waals surface area (Å²) in [6.07, 6.45) is 5.55. The van der Waals surface area contributed by atoms with E-state index in [0.717, 1.165) is 42.6 Å². The zero-order valence-corrected chi connectivity index (χ0v) is 14.5. The molecular formula is C20H19ClFN3. The SMILES string of the molecule is Fc1cc(C2(c3ccc(-c4cn[nH]c4)cc3)CCNCC2)ccc1Cl. The second-order valence-electron chi connectivity index (χ2n) is 6.53. The first-order valence-electron chi connectivity index (χ1n) is 8.45.